The summed E-state index contributed by atoms with van der Waals surface area (Å²) in [5, 5.41) is 37.7. The molecule has 0 bridgehead atoms. The maximum absolute atomic E-state index is 5.13. The minimum absolute atomic E-state index is 0.576. The van der Waals surface area contributed by atoms with E-state index in [1.807, 2.05) is 138 Å². The lowest BCUT2D eigenvalue weighted by molar-refractivity contribution is 0.502. The van der Waals surface area contributed by atoms with E-state index >= 15 is 0 Å². The van der Waals surface area contributed by atoms with Crippen LogP contribution in [0.15, 0.2) is 170 Å². The van der Waals surface area contributed by atoms with Crippen LogP contribution in [0.3, 0.4) is 0 Å². The topological polar surface area (TPSA) is 195 Å². The van der Waals surface area contributed by atoms with Gasteiger partial charge in [0.15, 0.2) is 33.6 Å². The van der Waals surface area contributed by atoms with Crippen molar-refractivity contribution in [3.05, 3.63) is 177 Å². The first-order valence-electron chi connectivity index (χ1n) is 34.5. The Morgan fingerprint density at radius 2 is 0.789 bits per heavy atom. The molecule has 20 heteroatoms. The van der Waals surface area contributed by atoms with Gasteiger partial charge in [0.2, 0.25) is 61.4 Å². The fourth-order valence-corrected chi connectivity index (χ4v) is 8.34. The number of aromatic nitrogens is 10. The molecular formula is C70H125B5N10O5. The maximum atomic E-state index is 5.13. The number of rotatable bonds is 15. The van der Waals surface area contributed by atoms with Crippen molar-refractivity contribution in [2.75, 3.05) is 0 Å². The van der Waals surface area contributed by atoms with Crippen LogP contribution >= 0.6 is 0 Å². The molecule has 0 saturated carbocycles. The normalized spacial score (nSPS) is 12.6. The highest BCUT2D eigenvalue weighted by Gasteiger charge is 2.19. The van der Waals surface area contributed by atoms with Crippen molar-refractivity contribution in [1.29, 1.82) is 0 Å². The van der Waals surface area contributed by atoms with Crippen LogP contribution in [-0.2, 0) is 32.1 Å². The van der Waals surface area contributed by atoms with E-state index in [-0.39, 0.29) is 0 Å². The van der Waals surface area contributed by atoms with Gasteiger partial charge in [-0.15, -0.1) is 51.0 Å². The maximum Gasteiger partial charge on any atom is 0.220 e. The Morgan fingerprint density at radius 1 is 0.367 bits per heavy atom. The molecule has 15 nitrogen and oxygen atoms in total. The molecule has 5 aromatic heterocycles. The van der Waals surface area contributed by atoms with Crippen molar-refractivity contribution in [3.8, 4) is 0 Å². The van der Waals surface area contributed by atoms with E-state index in [0.29, 0.717) is 63.0 Å². The molecule has 0 amide bonds. The van der Waals surface area contributed by atoms with Crippen molar-refractivity contribution >= 4 is 33.6 Å². The van der Waals surface area contributed by atoms with E-state index in [1.165, 1.54) is 87.2 Å². The molecule has 5 aliphatic rings. The lowest BCUT2D eigenvalue weighted by Gasteiger charge is -2.07. The van der Waals surface area contributed by atoms with Gasteiger partial charge in [-0.05, 0) is 48.8 Å². The zero-order chi connectivity index (χ0) is 69.8. The third-order valence-electron chi connectivity index (χ3n) is 12.3. The standard InChI is InChI=1S/5C10H13BN2O.10C2H6/c3*1-11(2)9-4-3-8(5-9)6-10-13-12-7-14-10;2*1-11(2)9-5-3-4-8(9)6-10-13-12-7-14-10;10*1-2/h4-5,7H,3,6H2,1-2H3;3,5,7H,4,6H2,1-2H3;3-4,7H,5-6H2,1-2H3;4-5,7H,3,6H2,1-2H3;3-4,7H,5-6H2,1-2H3;10*1-2H3. The summed E-state index contributed by atoms with van der Waals surface area (Å²) in [6, 6.07) is 0. The minimum atomic E-state index is 0.576. The highest BCUT2D eigenvalue weighted by molar-refractivity contribution is 6.66. The minimum Gasteiger partial charge on any atom is -0.428 e. The molecule has 0 aliphatic heterocycles. The monoisotopic (exact) mass is 1240 g/mol. The second-order valence-electron chi connectivity index (χ2n) is 19.3. The van der Waals surface area contributed by atoms with E-state index in [4.69, 9.17) is 22.1 Å². The van der Waals surface area contributed by atoms with Crippen molar-refractivity contribution < 1.29 is 22.1 Å². The fourth-order valence-electron chi connectivity index (χ4n) is 8.34. The third-order valence-corrected chi connectivity index (χ3v) is 12.3. The van der Waals surface area contributed by atoms with E-state index in [2.05, 4.69) is 180 Å². The zero-order valence-corrected chi connectivity index (χ0v) is 62.6. The van der Waals surface area contributed by atoms with Crippen molar-refractivity contribution in [3.63, 3.8) is 0 Å². The SMILES string of the molecule is CB(C)C1=C(Cc2nnco2)C=CC1.CB(C)C1=CC(Cc2nnco2)=CC1.CB(C)C1=CC=C(Cc2nnco2)C1.CB(C)C1=CCC(Cc2nnco2)=C1.CB(C)C1=CCC=C1Cc1nnco1.CC.CC.CC.CC.CC.CC.CC.CC.CC.CC. The summed E-state index contributed by atoms with van der Waals surface area (Å²) in [7, 11) is 0. The summed E-state index contributed by atoms with van der Waals surface area (Å²) < 4.78 is 25.6. The molecule has 90 heavy (non-hydrogen) atoms. The third kappa shape index (κ3) is 39.5. The summed E-state index contributed by atoms with van der Waals surface area (Å²) in [5.74, 6) is 3.50. The molecule has 0 unspecified atom stereocenters. The Bertz CT molecular complexity index is 2700. The van der Waals surface area contributed by atoms with Gasteiger partial charge in [-0.25, -0.2) is 0 Å². The summed E-state index contributed by atoms with van der Waals surface area (Å²) in [6.07, 6.45) is 38.2. The van der Waals surface area contributed by atoms with Gasteiger partial charge in [0.1, 0.15) is 0 Å². The van der Waals surface area contributed by atoms with Crippen LogP contribution in [0.1, 0.15) is 200 Å². The summed E-state index contributed by atoms with van der Waals surface area (Å²) in [5.41, 5.74) is 14.0. The molecule has 5 heterocycles. The van der Waals surface area contributed by atoms with Crippen molar-refractivity contribution in [2.24, 2.45) is 0 Å². The molecule has 0 radical (unpaired) electrons. The Hall–Kier alpha value is -6.58. The summed E-state index contributed by atoms with van der Waals surface area (Å²) in [6.45, 7) is 65.2. The summed E-state index contributed by atoms with van der Waals surface area (Å²) in [4.78, 5) is 0. The molecule has 10 rings (SSSR count). The Morgan fingerprint density at radius 3 is 1.16 bits per heavy atom. The van der Waals surface area contributed by atoms with Crippen LogP contribution in [0, 0.1) is 0 Å². The molecule has 0 aromatic carbocycles. The molecule has 500 valence electrons. The molecular weight excluding hydrogens is 1110 g/mol. The van der Waals surface area contributed by atoms with E-state index in [0.717, 1.165) is 64.2 Å². The second-order valence-corrected chi connectivity index (χ2v) is 19.3. The average Bonchev–Trinajstić information content (AvgIpc) is 3.65. The Labute approximate surface area is 552 Å². The van der Waals surface area contributed by atoms with Crippen LogP contribution in [0.25, 0.3) is 0 Å². The molecule has 0 saturated heterocycles. The first kappa shape index (κ1) is 92.2. The van der Waals surface area contributed by atoms with E-state index in [9.17, 15) is 0 Å². The smallest absolute Gasteiger partial charge is 0.220 e. The van der Waals surface area contributed by atoms with Gasteiger partial charge >= 0.3 is 0 Å². The number of nitrogens with zero attached hydrogens (tertiary/aromatic N) is 10. The summed E-state index contributed by atoms with van der Waals surface area (Å²) >= 11 is 0. The van der Waals surface area contributed by atoms with E-state index in [1.54, 1.807) is 0 Å². The average molecular weight is 1240 g/mol. The number of hydrogen-bond acceptors (Lipinski definition) is 15. The van der Waals surface area contributed by atoms with Gasteiger partial charge in [-0.3, -0.25) is 0 Å². The molecule has 0 fully saturated rings. The second kappa shape index (κ2) is 62.6. The molecule has 0 N–H and O–H groups in total. The molecule has 5 aromatic rings. The first-order chi connectivity index (χ1) is 43.8. The van der Waals surface area contributed by atoms with Crippen molar-refractivity contribution in [2.45, 2.75) is 271 Å². The van der Waals surface area contributed by atoms with Crippen LogP contribution in [0.4, 0.5) is 0 Å². The van der Waals surface area contributed by atoms with Crippen LogP contribution in [-0.4, -0.2) is 84.6 Å². The highest BCUT2D eigenvalue weighted by Crippen LogP contribution is 2.27. The largest absolute Gasteiger partial charge is 0.428 e. The Kier molecular flexibility index (Phi) is 64.1. The van der Waals surface area contributed by atoms with Gasteiger partial charge < -0.3 is 22.1 Å². The van der Waals surface area contributed by atoms with Crippen LogP contribution in [0.2, 0.25) is 68.2 Å². The molecule has 0 spiro atoms. The fraction of sp³-hybridized carbons (Fsp3) is 0.571. The van der Waals surface area contributed by atoms with Gasteiger partial charge in [0.25, 0.3) is 0 Å². The predicted octanol–water partition coefficient (Wildman–Crippen LogP) is 21.1. The number of hydrogen-bond donors (Lipinski definition) is 0. The van der Waals surface area contributed by atoms with Crippen molar-refractivity contribution in [1.82, 2.24) is 51.0 Å². The Balaban J connectivity index is -0.000000312. The lowest BCUT2D eigenvalue weighted by atomic mass is 9.47. The quantitative estimate of drug-likeness (QED) is 0.0898. The van der Waals surface area contributed by atoms with Gasteiger partial charge in [-0.1, -0.05) is 306 Å². The first-order valence-corrected chi connectivity index (χ1v) is 34.5. The van der Waals surface area contributed by atoms with Gasteiger partial charge in [0, 0.05) is 12.8 Å². The zero-order valence-electron chi connectivity index (χ0n) is 62.6. The van der Waals surface area contributed by atoms with Crippen LogP contribution < -0.4 is 0 Å². The predicted molar refractivity (Wildman–Crippen MR) is 395 cm³/mol. The van der Waals surface area contributed by atoms with Crippen LogP contribution in [0.5, 0.6) is 0 Å². The van der Waals surface area contributed by atoms with Gasteiger partial charge in [0.05, 0.1) is 19.3 Å². The lowest BCUT2D eigenvalue weighted by Crippen LogP contribution is -2.08. The number of allylic oxidation sites excluding steroid dienone is 20. The van der Waals surface area contributed by atoms with E-state index < -0.39 is 0 Å². The molecule has 0 atom stereocenters. The molecule has 5 aliphatic carbocycles. The van der Waals surface area contributed by atoms with Gasteiger partial charge in [-0.2, -0.15) is 0 Å². The highest BCUT2D eigenvalue weighted by atomic mass is 16.4.